The first kappa shape index (κ1) is 29.4. The molecule has 0 amide bonds. The Morgan fingerprint density at radius 2 is 0.784 bits per heavy atom. The molecule has 0 aliphatic rings. The molecule has 0 aliphatic heterocycles. The smallest absolute Gasteiger partial charge is 0.164 e. The van der Waals surface area contributed by atoms with Gasteiger partial charge in [-0.05, 0) is 73.8 Å². The Balaban J connectivity index is 1.08. The van der Waals surface area contributed by atoms with Gasteiger partial charge < -0.3 is 0 Å². The van der Waals surface area contributed by atoms with E-state index in [1.807, 2.05) is 36.4 Å². The molecule has 0 bridgehead atoms. The van der Waals surface area contributed by atoms with E-state index < -0.39 is 0 Å². The van der Waals surface area contributed by atoms with E-state index in [9.17, 15) is 0 Å². The number of rotatable bonds is 5. The molecule has 0 fully saturated rings. The van der Waals surface area contributed by atoms with Gasteiger partial charge in [0.1, 0.15) is 5.01 Å². The summed E-state index contributed by atoms with van der Waals surface area (Å²) in [7, 11) is 0. The summed E-state index contributed by atoms with van der Waals surface area (Å²) in [6, 6.07) is 59.3. The van der Waals surface area contributed by atoms with Crippen molar-refractivity contribution < 1.29 is 0 Å². The lowest BCUT2D eigenvalue weighted by molar-refractivity contribution is 1.07. The second kappa shape index (κ2) is 12.1. The van der Waals surface area contributed by atoms with Crippen molar-refractivity contribution in [2.45, 2.75) is 0 Å². The first-order valence-electron chi connectivity index (χ1n) is 17.0. The maximum atomic E-state index is 5.10. The fourth-order valence-electron chi connectivity index (χ4n) is 7.05. The topological polar surface area (TPSA) is 51.6 Å². The minimum absolute atomic E-state index is 0.630. The van der Waals surface area contributed by atoms with Gasteiger partial charge in [0, 0.05) is 22.3 Å². The number of nitrogens with zero attached hydrogens (tertiary/aromatic N) is 4. The number of aromatic nitrogens is 4. The molecule has 0 radical (unpaired) electrons. The number of fused-ring (bicyclic) bond motifs is 7. The van der Waals surface area contributed by atoms with E-state index in [-0.39, 0.29) is 0 Å². The van der Waals surface area contributed by atoms with Gasteiger partial charge >= 0.3 is 0 Å². The molecule has 4 nitrogen and oxygen atoms in total. The third-order valence-corrected chi connectivity index (χ3v) is 10.6. The standard InChI is InChI=1S/C46H28N4S/c1-3-12-29(13-4-1)31-16-11-17-32(26-31)44-48-43(30-14-5-2-6-15-30)49-45(50-44)33-23-25-41-42(28-33)51-46(47-41)34-22-24-39-37-20-8-7-18-35(37)36-19-9-10-21-38(36)40(39)27-34/h1-28H. The van der Waals surface area contributed by atoms with Crippen molar-refractivity contribution in [1.82, 2.24) is 19.9 Å². The Morgan fingerprint density at radius 1 is 0.294 bits per heavy atom. The number of benzene rings is 8. The Labute approximate surface area is 298 Å². The molecule has 0 saturated carbocycles. The van der Waals surface area contributed by atoms with Crippen LogP contribution in [0.25, 0.3) is 98.4 Å². The molecule has 0 aliphatic carbocycles. The fourth-order valence-corrected chi connectivity index (χ4v) is 8.05. The summed E-state index contributed by atoms with van der Waals surface area (Å²) in [6.07, 6.45) is 0. The Hall–Kier alpha value is -6.56. The first-order chi connectivity index (χ1) is 25.2. The highest BCUT2D eigenvalue weighted by molar-refractivity contribution is 7.21. The number of thiazole rings is 1. The normalized spacial score (nSPS) is 11.5. The molecule has 0 spiro atoms. The van der Waals surface area contributed by atoms with Crippen molar-refractivity contribution in [2.24, 2.45) is 0 Å². The van der Waals surface area contributed by atoms with E-state index in [4.69, 9.17) is 19.9 Å². The van der Waals surface area contributed by atoms with E-state index in [1.165, 1.54) is 32.3 Å². The van der Waals surface area contributed by atoms with Gasteiger partial charge in [-0.1, -0.05) is 140 Å². The predicted octanol–water partition coefficient (Wildman–Crippen LogP) is 12.3. The lowest BCUT2D eigenvalue weighted by Gasteiger charge is -2.11. The molecule has 0 atom stereocenters. The van der Waals surface area contributed by atoms with Gasteiger partial charge in [0.25, 0.3) is 0 Å². The summed E-state index contributed by atoms with van der Waals surface area (Å²) < 4.78 is 1.08. The second-order valence-electron chi connectivity index (χ2n) is 12.7. The second-order valence-corrected chi connectivity index (χ2v) is 13.7. The molecule has 10 rings (SSSR count). The van der Waals surface area contributed by atoms with E-state index >= 15 is 0 Å². The summed E-state index contributed by atoms with van der Waals surface area (Å²) in [5.74, 6) is 1.91. The molecule has 2 aromatic heterocycles. The van der Waals surface area contributed by atoms with Crippen molar-refractivity contribution in [3.05, 3.63) is 170 Å². The summed E-state index contributed by atoms with van der Waals surface area (Å²) >= 11 is 1.70. The van der Waals surface area contributed by atoms with Crippen LogP contribution in [-0.4, -0.2) is 19.9 Å². The lowest BCUT2D eigenvalue weighted by atomic mass is 9.93. The summed E-state index contributed by atoms with van der Waals surface area (Å²) in [5.41, 5.74) is 7.14. The van der Waals surface area contributed by atoms with Crippen LogP contribution in [0.4, 0.5) is 0 Å². The Bertz CT molecular complexity index is 2880. The minimum Gasteiger partial charge on any atom is -0.236 e. The van der Waals surface area contributed by atoms with Crippen LogP contribution >= 0.6 is 11.3 Å². The molecular weight excluding hydrogens is 641 g/mol. The zero-order chi connectivity index (χ0) is 33.7. The highest BCUT2D eigenvalue weighted by Gasteiger charge is 2.16. The molecule has 51 heavy (non-hydrogen) atoms. The Kier molecular flexibility index (Phi) is 6.96. The third-order valence-electron chi connectivity index (χ3n) is 9.53. The predicted molar refractivity (Wildman–Crippen MR) is 213 cm³/mol. The maximum Gasteiger partial charge on any atom is 0.164 e. The van der Waals surface area contributed by atoms with Gasteiger partial charge in [-0.2, -0.15) is 0 Å². The van der Waals surface area contributed by atoms with Gasteiger partial charge in [0.15, 0.2) is 17.5 Å². The zero-order valence-corrected chi connectivity index (χ0v) is 28.2. The van der Waals surface area contributed by atoms with Gasteiger partial charge in [-0.25, -0.2) is 19.9 Å². The average molecular weight is 669 g/mol. The van der Waals surface area contributed by atoms with Crippen LogP contribution in [0.2, 0.25) is 0 Å². The molecule has 8 aromatic carbocycles. The number of hydrogen-bond acceptors (Lipinski definition) is 5. The van der Waals surface area contributed by atoms with Crippen molar-refractivity contribution in [3.63, 3.8) is 0 Å². The molecule has 2 heterocycles. The maximum absolute atomic E-state index is 5.10. The first-order valence-corrected chi connectivity index (χ1v) is 17.8. The van der Waals surface area contributed by atoms with Gasteiger partial charge in [0.05, 0.1) is 10.2 Å². The Morgan fingerprint density at radius 3 is 1.45 bits per heavy atom. The lowest BCUT2D eigenvalue weighted by Crippen LogP contribution is -2.00. The van der Waals surface area contributed by atoms with E-state index in [0.717, 1.165) is 48.6 Å². The van der Waals surface area contributed by atoms with Crippen LogP contribution in [0.15, 0.2) is 170 Å². The van der Waals surface area contributed by atoms with Crippen molar-refractivity contribution in [3.8, 4) is 55.9 Å². The summed E-state index contributed by atoms with van der Waals surface area (Å²) in [5, 5.41) is 8.55. The van der Waals surface area contributed by atoms with Crippen LogP contribution in [0.3, 0.4) is 0 Å². The van der Waals surface area contributed by atoms with Crippen LogP contribution in [0.5, 0.6) is 0 Å². The minimum atomic E-state index is 0.630. The zero-order valence-electron chi connectivity index (χ0n) is 27.4. The monoisotopic (exact) mass is 668 g/mol. The summed E-state index contributed by atoms with van der Waals surface area (Å²) in [6.45, 7) is 0. The average Bonchev–Trinajstić information content (AvgIpc) is 3.65. The van der Waals surface area contributed by atoms with Crippen molar-refractivity contribution >= 4 is 53.9 Å². The van der Waals surface area contributed by atoms with E-state index in [0.29, 0.717) is 17.5 Å². The molecule has 0 unspecified atom stereocenters. The summed E-state index contributed by atoms with van der Waals surface area (Å²) in [4.78, 5) is 20.1. The van der Waals surface area contributed by atoms with Crippen molar-refractivity contribution in [1.29, 1.82) is 0 Å². The molecular formula is C46H28N4S. The van der Waals surface area contributed by atoms with Crippen LogP contribution in [-0.2, 0) is 0 Å². The van der Waals surface area contributed by atoms with Crippen LogP contribution in [0.1, 0.15) is 0 Å². The molecule has 0 saturated heterocycles. The van der Waals surface area contributed by atoms with Crippen LogP contribution in [0, 0.1) is 0 Å². The molecule has 5 heteroatoms. The SMILES string of the molecule is c1ccc(-c2cccc(-c3nc(-c4ccccc4)nc(-c4ccc5nc(-c6ccc7c8ccccc8c8ccccc8c7c6)sc5c4)n3)c2)cc1. The quantitative estimate of drug-likeness (QED) is 0.171. The van der Waals surface area contributed by atoms with Gasteiger partial charge in [-0.3, -0.25) is 0 Å². The largest absolute Gasteiger partial charge is 0.236 e. The molecule has 238 valence electrons. The molecule has 10 aromatic rings. The third kappa shape index (κ3) is 5.23. The highest BCUT2D eigenvalue weighted by Crippen LogP contribution is 2.39. The van der Waals surface area contributed by atoms with Crippen LogP contribution < -0.4 is 0 Å². The van der Waals surface area contributed by atoms with E-state index in [2.05, 4.69) is 133 Å². The van der Waals surface area contributed by atoms with E-state index in [1.54, 1.807) is 11.3 Å². The van der Waals surface area contributed by atoms with Gasteiger partial charge in [-0.15, -0.1) is 11.3 Å². The fraction of sp³-hybridized carbons (Fsp3) is 0. The highest BCUT2D eigenvalue weighted by atomic mass is 32.1. The number of hydrogen-bond donors (Lipinski definition) is 0. The van der Waals surface area contributed by atoms with Gasteiger partial charge in [0.2, 0.25) is 0 Å². The molecule has 0 N–H and O–H groups in total. The van der Waals surface area contributed by atoms with Crippen molar-refractivity contribution in [2.75, 3.05) is 0 Å².